The Bertz CT molecular complexity index is 456. The second-order valence-corrected chi connectivity index (χ2v) is 6.02. The molecule has 0 aromatic heterocycles. The second kappa shape index (κ2) is 5.22. The van der Waals surface area contributed by atoms with Crippen molar-refractivity contribution >= 4 is 0 Å². The Balaban J connectivity index is 1.93. The first kappa shape index (κ1) is 13.1. The lowest BCUT2D eigenvalue weighted by Crippen LogP contribution is -2.31. The number of rotatable bonds is 4. The molecule has 0 spiro atoms. The van der Waals surface area contributed by atoms with Crippen LogP contribution in [0.3, 0.4) is 0 Å². The number of benzene rings is 1. The van der Waals surface area contributed by atoms with Crippen molar-refractivity contribution in [3.8, 4) is 0 Å². The van der Waals surface area contributed by atoms with Crippen molar-refractivity contribution in [1.82, 2.24) is 10.2 Å². The highest BCUT2D eigenvalue weighted by Gasteiger charge is 2.42. The molecule has 1 aliphatic carbocycles. The van der Waals surface area contributed by atoms with E-state index in [1.807, 2.05) is 13.1 Å². The van der Waals surface area contributed by atoms with Gasteiger partial charge in [-0.05, 0) is 75.5 Å². The van der Waals surface area contributed by atoms with Gasteiger partial charge in [-0.15, -0.1) is 0 Å². The Morgan fingerprint density at radius 2 is 2.11 bits per heavy atom. The highest BCUT2D eigenvalue weighted by Crippen LogP contribution is 2.44. The highest BCUT2D eigenvalue weighted by atomic mass is 19.1. The van der Waals surface area contributed by atoms with Gasteiger partial charge in [0, 0.05) is 12.1 Å². The molecule has 1 aliphatic heterocycles. The van der Waals surface area contributed by atoms with Crippen LogP contribution in [0.5, 0.6) is 0 Å². The third-order valence-electron chi connectivity index (χ3n) is 4.60. The summed E-state index contributed by atoms with van der Waals surface area (Å²) in [5.74, 6) is 0.498. The summed E-state index contributed by atoms with van der Waals surface area (Å²) in [4.78, 5) is 2.61. The lowest BCUT2D eigenvalue weighted by molar-refractivity contribution is 0.216. The van der Waals surface area contributed by atoms with Gasteiger partial charge >= 0.3 is 0 Å². The third-order valence-corrected chi connectivity index (χ3v) is 4.60. The smallest absolute Gasteiger partial charge is 0.123 e. The summed E-state index contributed by atoms with van der Waals surface area (Å²) in [5, 5.41) is 3.30. The summed E-state index contributed by atoms with van der Waals surface area (Å²) in [5.41, 5.74) is 2.42. The molecule has 2 nitrogen and oxygen atoms in total. The molecule has 1 aromatic carbocycles. The van der Waals surface area contributed by atoms with Crippen molar-refractivity contribution in [2.24, 2.45) is 5.92 Å². The van der Waals surface area contributed by atoms with E-state index < -0.39 is 0 Å². The summed E-state index contributed by atoms with van der Waals surface area (Å²) in [6, 6.07) is 6.39. The summed E-state index contributed by atoms with van der Waals surface area (Å²) in [7, 11) is 2.01. The minimum atomic E-state index is -0.105. The minimum absolute atomic E-state index is 0.105. The maximum absolute atomic E-state index is 13.6. The second-order valence-electron chi connectivity index (χ2n) is 6.02. The number of likely N-dealkylation sites (tertiary alicyclic amines) is 1. The van der Waals surface area contributed by atoms with E-state index in [0.29, 0.717) is 12.0 Å². The number of aryl methyl sites for hydroxylation is 1. The molecule has 1 aromatic rings. The molecule has 104 valence electrons. The molecule has 3 heteroatoms. The molecule has 1 N–H and O–H groups in total. The number of hydrogen-bond donors (Lipinski definition) is 1. The van der Waals surface area contributed by atoms with Gasteiger partial charge < -0.3 is 5.32 Å². The number of nitrogens with zero attached hydrogens (tertiary/aromatic N) is 1. The fourth-order valence-electron chi connectivity index (χ4n) is 3.54. The Hall–Kier alpha value is -0.930. The average Bonchev–Trinajstić information content (AvgIpc) is 3.15. The van der Waals surface area contributed by atoms with Gasteiger partial charge in [0.2, 0.25) is 0 Å². The van der Waals surface area contributed by atoms with Crippen molar-refractivity contribution in [3.63, 3.8) is 0 Å². The van der Waals surface area contributed by atoms with E-state index in [2.05, 4.69) is 17.1 Å². The monoisotopic (exact) mass is 262 g/mol. The molecule has 0 bridgehead atoms. The van der Waals surface area contributed by atoms with Crippen LogP contribution in [0.2, 0.25) is 0 Å². The predicted octanol–water partition coefficient (Wildman–Crippen LogP) is 2.88. The number of hydrogen-bond acceptors (Lipinski definition) is 2. The first-order valence-corrected chi connectivity index (χ1v) is 7.37. The zero-order valence-corrected chi connectivity index (χ0v) is 11.8. The lowest BCUT2D eigenvalue weighted by atomic mass is 9.90. The van der Waals surface area contributed by atoms with E-state index in [9.17, 15) is 4.39 Å². The normalized spacial score (nSPS) is 27.9. The molecule has 0 radical (unpaired) electrons. The molecular formula is C16H23FN2. The summed E-state index contributed by atoms with van der Waals surface area (Å²) < 4.78 is 13.6. The minimum Gasteiger partial charge on any atom is -0.319 e. The SMILES string of the molecule is CNCC1CCN(C2CC2)C1c1cc(F)ccc1C. The Morgan fingerprint density at radius 3 is 2.79 bits per heavy atom. The third kappa shape index (κ3) is 2.54. The van der Waals surface area contributed by atoms with E-state index in [4.69, 9.17) is 0 Å². The van der Waals surface area contributed by atoms with Crippen LogP contribution < -0.4 is 5.32 Å². The molecule has 2 unspecified atom stereocenters. The van der Waals surface area contributed by atoms with Gasteiger partial charge in [-0.25, -0.2) is 4.39 Å². The molecule has 1 saturated carbocycles. The molecule has 2 aliphatic rings. The van der Waals surface area contributed by atoms with Crippen molar-refractivity contribution in [2.75, 3.05) is 20.1 Å². The zero-order chi connectivity index (χ0) is 13.4. The van der Waals surface area contributed by atoms with E-state index in [1.54, 1.807) is 12.1 Å². The van der Waals surface area contributed by atoms with Crippen LogP contribution in [0, 0.1) is 18.7 Å². The Labute approximate surface area is 115 Å². The zero-order valence-electron chi connectivity index (χ0n) is 11.8. The summed E-state index contributed by atoms with van der Waals surface area (Å²) >= 11 is 0. The van der Waals surface area contributed by atoms with Crippen molar-refractivity contribution in [1.29, 1.82) is 0 Å². The Morgan fingerprint density at radius 1 is 1.32 bits per heavy atom. The lowest BCUT2D eigenvalue weighted by Gasteiger charge is -2.30. The quantitative estimate of drug-likeness (QED) is 0.897. The molecule has 19 heavy (non-hydrogen) atoms. The largest absolute Gasteiger partial charge is 0.319 e. The molecule has 1 heterocycles. The standard InChI is InChI=1S/C16H23FN2/c1-11-3-4-13(17)9-15(11)16-12(10-18-2)7-8-19(16)14-5-6-14/h3-4,9,12,14,16,18H,5-8,10H2,1-2H3. The van der Waals surface area contributed by atoms with Gasteiger partial charge in [0.05, 0.1) is 0 Å². The number of nitrogens with one attached hydrogen (secondary N) is 1. The molecule has 0 amide bonds. The first-order chi connectivity index (χ1) is 9.20. The van der Waals surface area contributed by atoms with Crippen LogP contribution in [-0.2, 0) is 0 Å². The average molecular weight is 262 g/mol. The van der Waals surface area contributed by atoms with Gasteiger partial charge in [0.25, 0.3) is 0 Å². The van der Waals surface area contributed by atoms with Crippen molar-refractivity contribution < 1.29 is 4.39 Å². The van der Waals surface area contributed by atoms with Gasteiger partial charge in [-0.3, -0.25) is 4.90 Å². The van der Waals surface area contributed by atoms with Gasteiger partial charge in [0.15, 0.2) is 0 Å². The topological polar surface area (TPSA) is 15.3 Å². The summed E-state index contributed by atoms with van der Waals surface area (Å²) in [6.45, 7) is 4.29. The van der Waals surface area contributed by atoms with E-state index in [1.165, 1.54) is 30.4 Å². The van der Waals surface area contributed by atoms with Gasteiger partial charge in [-0.2, -0.15) is 0 Å². The number of halogens is 1. The van der Waals surface area contributed by atoms with Crippen LogP contribution >= 0.6 is 0 Å². The first-order valence-electron chi connectivity index (χ1n) is 7.37. The molecule has 1 saturated heterocycles. The van der Waals surface area contributed by atoms with Crippen molar-refractivity contribution in [3.05, 3.63) is 35.1 Å². The van der Waals surface area contributed by atoms with Crippen LogP contribution in [0.25, 0.3) is 0 Å². The summed E-state index contributed by atoms with van der Waals surface area (Å²) in [6.07, 6.45) is 3.85. The van der Waals surface area contributed by atoms with Gasteiger partial charge in [0.1, 0.15) is 5.82 Å². The maximum atomic E-state index is 13.6. The van der Waals surface area contributed by atoms with Crippen LogP contribution in [-0.4, -0.2) is 31.1 Å². The molecule has 2 fully saturated rings. The van der Waals surface area contributed by atoms with Gasteiger partial charge in [-0.1, -0.05) is 6.07 Å². The van der Waals surface area contributed by atoms with E-state index >= 15 is 0 Å². The fraction of sp³-hybridized carbons (Fsp3) is 0.625. The van der Waals surface area contributed by atoms with Crippen LogP contribution in [0.4, 0.5) is 4.39 Å². The van der Waals surface area contributed by atoms with E-state index in [0.717, 1.165) is 19.1 Å². The fourth-order valence-corrected chi connectivity index (χ4v) is 3.54. The van der Waals surface area contributed by atoms with Crippen LogP contribution in [0.15, 0.2) is 18.2 Å². The molecule has 2 atom stereocenters. The van der Waals surface area contributed by atoms with Crippen molar-refractivity contribution in [2.45, 2.75) is 38.3 Å². The Kier molecular flexibility index (Phi) is 3.59. The molecule has 3 rings (SSSR count). The highest BCUT2D eigenvalue weighted by molar-refractivity contribution is 5.31. The van der Waals surface area contributed by atoms with E-state index in [-0.39, 0.29) is 5.82 Å². The predicted molar refractivity (Wildman–Crippen MR) is 75.6 cm³/mol. The maximum Gasteiger partial charge on any atom is 0.123 e. The molecular weight excluding hydrogens is 239 g/mol. The van der Waals surface area contributed by atoms with Crippen LogP contribution in [0.1, 0.15) is 36.4 Å².